The van der Waals surface area contributed by atoms with Crippen LogP contribution in [-0.2, 0) is 4.79 Å². The molecule has 6 heteroatoms. The van der Waals surface area contributed by atoms with E-state index in [0.717, 1.165) is 5.39 Å². The molecule has 0 bridgehead atoms. The largest absolute Gasteiger partial charge is 0.481 e. The normalized spacial score (nSPS) is 24.2. The standard InChI is InChI=1S/C15H14ClNO4/c1-17-6-9-11(12(9)15(19)20)13(18)8-4-7-2-3-21-14(7)10(16)5-8/h2-5,9,11-12,17H,6H2,1H3,(H,19,20). The van der Waals surface area contributed by atoms with E-state index in [2.05, 4.69) is 5.32 Å². The number of rotatable bonds is 5. The van der Waals surface area contributed by atoms with Gasteiger partial charge in [0.15, 0.2) is 11.4 Å². The molecule has 21 heavy (non-hydrogen) atoms. The van der Waals surface area contributed by atoms with Crippen LogP contribution in [0.25, 0.3) is 11.0 Å². The van der Waals surface area contributed by atoms with Crippen LogP contribution in [0.2, 0.25) is 5.02 Å². The van der Waals surface area contributed by atoms with E-state index in [1.165, 1.54) is 6.26 Å². The number of carbonyl (C=O) groups is 2. The van der Waals surface area contributed by atoms with Gasteiger partial charge in [0.2, 0.25) is 0 Å². The van der Waals surface area contributed by atoms with Gasteiger partial charge in [0.25, 0.3) is 0 Å². The number of fused-ring (bicyclic) bond motifs is 1. The first-order chi connectivity index (χ1) is 10.0. The average molecular weight is 308 g/mol. The predicted octanol–water partition coefficient (Wildman–Crippen LogP) is 2.44. The average Bonchev–Trinajstić information content (AvgIpc) is 2.94. The minimum Gasteiger partial charge on any atom is -0.481 e. The van der Waals surface area contributed by atoms with Gasteiger partial charge in [-0.3, -0.25) is 9.59 Å². The number of Topliss-reactive ketones (excluding diaryl/α,β-unsaturated/α-hetero) is 1. The fourth-order valence-electron chi connectivity index (χ4n) is 2.93. The van der Waals surface area contributed by atoms with Gasteiger partial charge in [-0.25, -0.2) is 0 Å². The monoisotopic (exact) mass is 307 g/mol. The van der Waals surface area contributed by atoms with Crippen LogP contribution in [0.1, 0.15) is 10.4 Å². The van der Waals surface area contributed by atoms with E-state index in [4.69, 9.17) is 16.0 Å². The maximum atomic E-state index is 12.5. The van der Waals surface area contributed by atoms with Crippen molar-refractivity contribution in [3.05, 3.63) is 35.0 Å². The Balaban J connectivity index is 1.91. The SMILES string of the molecule is CNCC1C(C(=O)O)C1C(=O)c1cc(Cl)c2occc2c1. The molecule has 0 aliphatic heterocycles. The van der Waals surface area contributed by atoms with E-state index in [9.17, 15) is 14.7 Å². The third-order valence-electron chi connectivity index (χ3n) is 3.99. The summed E-state index contributed by atoms with van der Waals surface area (Å²) in [5.41, 5.74) is 0.967. The summed E-state index contributed by atoms with van der Waals surface area (Å²) in [6.07, 6.45) is 1.51. The second-order valence-corrected chi connectivity index (χ2v) is 5.68. The molecule has 5 nitrogen and oxygen atoms in total. The lowest BCUT2D eigenvalue weighted by Crippen LogP contribution is -2.13. The van der Waals surface area contributed by atoms with Crippen molar-refractivity contribution in [1.29, 1.82) is 0 Å². The van der Waals surface area contributed by atoms with Crippen LogP contribution in [0.5, 0.6) is 0 Å². The molecule has 3 rings (SSSR count). The van der Waals surface area contributed by atoms with Crippen molar-refractivity contribution < 1.29 is 19.1 Å². The van der Waals surface area contributed by atoms with E-state index in [1.807, 2.05) is 0 Å². The molecule has 0 radical (unpaired) electrons. The molecule has 2 aromatic rings. The summed E-state index contributed by atoms with van der Waals surface area (Å²) in [6, 6.07) is 4.97. The molecule has 1 aliphatic rings. The van der Waals surface area contributed by atoms with Gasteiger partial charge in [0.05, 0.1) is 17.2 Å². The highest BCUT2D eigenvalue weighted by Crippen LogP contribution is 2.48. The van der Waals surface area contributed by atoms with Crippen molar-refractivity contribution in [3.8, 4) is 0 Å². The molecule has 1 saturated carbocycles. The number of furan rings is 1. The molecule has 1 aromatic carbocycles. The smallest absolute Gasteiger partial charge is 0.307 e. The van der Waals surface area contributed by atoms with Crippen LogP contribution >= 0.6 is 11.6 Å². The Labute approximate surface area is 125 Å². The van der Waals surface area contributed by atoms with E-state index in [-0.39, 0.29) is 11.7 Å². The number of ketones is 1. The van der Waals surface area contributed by atoms with Gasteiger partial charge in [-0.05, 0) is 37.7 Å². The number of aliphatic carboxylic acids is 1. The number of carboxylic acids is 1. The van der Waals surface area contributed by atoms with Crippen molar-refractivity contribution >= 4 is 34.3 Å². The minimum atomic E-state index is -0.927. The first-order valence-electron chi connectivity index (χ1n) is 6.63. The summed E-state index contributed by atoms with van der Waals surface area (Å²) in [5, 5.41) is 13.2. The Bertz CT molecular complexity index is 724. The Hall–Kier alpha value is -1.85. The molecule has 1 aliphatic carbocycles. The van der Waals surface area contributed by atoms with Crippen molar-refractivity contribution in [1.82, 2.24) is 5.32 Å². The molecular weight excluding hydrogens is 294 g/mol. The molecule has 3 unspecified atom stereocenters. The van der Waals surface area contributed by atoms with Crippen LogP contribution < -0.4 is 5.32 Å². The summed E-state index contributed by atoms with van der Waals surface area (Å²) < 4.78 is 5.23. The molecule has 2 N–H and O–H groups in total. The highest BCUT2D eigenvalue weighted by Gasteiger charge is 2.58. The van der Waals surface area contributed by atoms with Gasteiger partial charge in [-0.1, -0.05) is 11.6 Å². The van der Waals surface area contributed by atoms with Gasteiger partial charge < -0.3 is 14.8 Å². The molecule has 1 fully saturated rings. The lowest BCUT2D eigenvalue weighted by Gasteiger charge is -2.02. The number of nitrogens with one attached hydrogen (secondary N) is 1. The van der Waals surface area contributed by atoms with Crippen LogP contribution in [0.3, 0.4) is 0 Å². The molecule has 110 valence electrons. The molecular formula is C15H14ClNO4. The van der Waals surface area contributed by atoms with Gasteiger partial charge >= 0.3 is 5.97 Å². The highest BCUT2D eigenvalue weighted by molar-refractivity contribution is 6.35. The third-order valence-corrected chi connectivity index (χ3v) is 4.27. The fourth-order valence-corrected chi connectivity index (χ4v) is 3.20. The van der Waals surface area contributed by atoms with Crippen molar-refractivity contribution in [3.63, 3.8) is 0 Å². The van der Waals surface area contributed by atoms with E-state index < -0.39 is 17.8 Å². The lowest BCUT2D eigenvalue weighted by molar-refractivity contribution is -0.139. The second-order valence-electron chi connectivity index (χ2n) is 5.27. The third kappa shape index (κ3) is 2.32. The zero-order valence-electron chi connectivity index (χ0n) is 11.3. The second kappa shape index (κ2) is 5.16. The first-order valence-corrected chi connectivity index (χ1v) is 7.00. The molecule has 0 spiro atoms. The number of halogens is 1. The fraction of sp³-hybridized carbons (Fsp3) is 0.333. The Morgan fingerprint density at radius 2 is 2.14 bits per heavy atom. The molecule has 1 heterocycles. The van der Waals surface area contributed by atoms with Gasteiger partial charge in [0.1, 0.15) is 0 Å². The predicted molar refractivity (Wildman–Crippen MR) is 77.6 cm³/mol. The number of hydrogen-bond donors (Lipinski definition) is 2. The lowest BCUT2D eigenvalue weighted by atomic mass is 10.0. The van der Waals surface area contributed by atoms with Crippen LogP contribution in [0.15, 0.2) is 28.9 Å². The summed E-state index contributed by atoms with van der Waals surface area (Å²) in [6.45, 7) is 0.509. The summed E-state index contributed by atoms with van der Waals surface area (Å²) in [5.74, 6) is -2.38. The number of benzene rings is 1. The number of carbonyl (C=O) groups excluding carboxylic acids is 1. The van der Waals surface area contributed by atoms with Crippen molar-refractivity contribution in [2.45, 2.75) is 0 Å². The zero-order chi connectivity index (χ0) is 15.1. The molecule has 3 atom stereocenters. The molecule has 0 saturated heterocycles. The van der Waals surface area contributed by atoms with Gasteiger partial charge in [-0.2, -0.15) is 0 Å². The van der Waals surface area contributed by atoms with E-state index in [0.29, 0.717) is 22.7 Å². The summed E-state index contributed by atoms with van der Waals surface area (Å²) in [4.78, 5) is 23.8. The molecule has 0 amide bonds. The van der Waals surface area contributed by atoms with Crippen LogP contribution in [0.4, 0.5) is 0 Å². The van der Waals surface area contributed by atoms with Gasteiger partial charge in [-0.15, -0.1) is 0 Å². The van der Waals surface area contributed by atoms with Crippen molar-refractivity contribution in [2.24, 2.45) is 17.8 Å². The minimum absolute atomic E-state index is 0.168. The zero-order valence-corrected chi connectivity index (χ0v) is 12.1. The van der Waals surface area contributed by atoms with Crippen LogP contribution in [0, 0.1) is 17.8 Å². The topological polar surface area (TPSA) is 79.5 Å². The Morgan fingerprint density at radius 3 is 2.81 bits per heavy atom. The van der Waals surface area contributed by atoms with Crippen LogP contribution in [-0.4, -0.2) is 30.5 Å². The maximum Gasteiger partial charge on any atom is 0.307 e. The van der Waals surface area contributed by atoms with Gasteiger partial charge in [0, 0.05) is 16.9 Å². The number of hydrogen-bond acceptors (Lipinski definition) is 4. The quantitative estimate of drug-likeness (QED) is 0.829. The summed E-state index contributed by atoms with van der Waals surface area (Å²) in [7, 11) is 1.74. The molecule has 1 aromatic heterocycles. The first kappa shape index (κ1) is 14.1. The van der Waals surface area contributed by atoms with Crippen molar-refractivity contribution in [2.75, 3.05) is 13.6 Å². The maximum absolute atomic E-state index is 12.5. The summed E-state index contributed by atoms with van der Waals surface area (Å²) >= 11 is 6.09. The Morgan fingerprint density at radius 1 is 1.38 bits per heavy atom. The number of carboxylic acid groups (broad SMARTS) is 1. The van der Waals surface area contributed by atoms with E-state index in [1.54, 1.807) is 25.2 Å². The highest BCUT2D eigenvalue weighted by atomic mass is 35.5. The Kier molecular flexibility index (Phi) is 3.47. The van der Waals surface area contributed by atoms with E-state index >= 15 is 0 Å².